The molecule has 0 aromatic heterocycles. The molecule has 0 aliphatic carbocycles. The Kier molecular flexibility index (Phi) is 4.52. The largest absolute Gasteiger partial charge is 0.482 e. The van der Waals surface area contributed by atoms with E-state index in [0.717, 1.165) is 24.8 Å². The average Bonchev–Trinajstić information content (AvgIpc) is 3.16. The van der Waals surface area contributed by atoms with Crippen molar-refractivity contribution in [3.05, 3.63) is 29.8 Å². The third-order valence-corrected chi connectivity index (χ3v) is 4.54. The minimum Gasteiger partial charge on any atom is -0.482 e. The fraction of sp³-hybridized carbons (Fsp3) is 0.529. The minimum atomic E-state index is -1.01. The standard InChI is InChI=1S/C17H21NO5/c1-10(11-2-4-12(5-3-11)22-9-16(19)20)18-17(21)14-8-13-6-7-15(14)23-13/h2-5,10,13-15H,6-9H2,1H3,(H,18,21)(H,19,20)/t10-,13+,14-,15+/m0/s1. The molecule has 2 bridgehead atoms. The second kappa shape index (κ2) is 6.58. The van der Waals surface area contributed by atoms with E-state index in [2.05, 4.69) is 5.32 Å². The fourth-order valence-electron chi connectivity index (χ4n) is 3.32. The van der Waals surface area contributed by atoms with Crippen LogP contribution < -0.4 is 10.1 Å². The van der Waals surface area contributed by atoms with Gasteiger partial charge in [0.15, 0.2) is 6.61 Å². The Morgan fingerprint density at radius 2 is 2.09 bits per heavy atom. The fourth-order valence-corrected chi connectivity index (χ4v) is 3.32. The predicted molar refractivity (Wildman–Crippen MR) is 82.1 cm³/mol. The summed E-state index contributed by atoms with van der Waals surface area (Å²) >= 11 is 0. The van der Waals surface area contributed by atoms with Crippen LogP contribution in [-0.4, -0.2) is 35.8 Å². The number of carboxylic acids is 1. The summed E-state index contributed by atoms with van der Waals surface area (Å²) in [6.45, 7) is 1.56. The van der Waals surface area contributed by atoms with E-state index in [1.807, 2.05) is 19.1 Å². The summed E-state index contributed by atoms with van der Waals surface area (Å²) in [5, 5.41) is 11.6. The number of carboxylic acid groups (broad SMARTS) is 1. The van der Waals surface area contributed by atoms with Crippen molar-refractivity contribution >= 4 is 11.9 Å². The molecular weight excluding hydrogens is 298 g/mol. The Balaban J connectivity index is 1.54. The van der Waals surface area contributed by atoms with Gasteiger partial charge in [0, 0.05) is 0 Å². The van der Waals surface area contributed by atoms with Crippen molar-refractivity contribution in [2.75, 3.05) is 6.61 Å². The molecule has 0 saturated carbocycles. The molecule has 1 amide bonds. The molecule has 2 aliphatic heterocycles. The number of rotatable bonds is 6. The van der Waals surface area contributed by atoms with Gasteiger partial charge in [0.25, 0.3) is 0 Å². The van der Waals surface area contributed by atoms with Gasteiger partial charge in [-0.25, -0.2) is 4.79 Å². The second-order valence-corrected chi connectivity index (χ2v) is 6.20. The number of hydrogen-bond acceptors (Lipinski definition) is 4. The van der Waals surface area contributed by atoms with Crippen LogP contribution in [0.3, 0.4) is 0 Å². The molecule has 6 nitrogen and oxygen atoms in total. The SMILES string of the molecule is C[C@H](NC(=O)[C@H]1C[C@H]2CC[C@H]1O2)c1ccc(OCC(=O)O)cc1. The molecule has 4 atom stereocenters. The van der Waals surface area contributed by atoms with Crippen molar-refractivity contribution < 1.29 is 24.2 Å². The van der Waals surface area contributed by atoms with Crippen molar-refractivity contribution in [3.8, 4) is 5.75 Å². The zero-order valence-electron chi connectivity index (χ0n) is 13.0. The summed E-state index contributed by atoms with van der Waals surface area (Å²) in [4.78, 5) is 22.8. The van der Waals surface area contributed by atoms with Gasteiger partial charge in [0.05, 0.1) is 24.2 Å². The number of amides is 1. The lowest BCUT2D eigenvalue weighted by Gasteiger charge is -2.21. The van der Waals surface area contributed by atoms with Crippen LogP contribution in [0.25, 0.3) is 0 Å². The highest BCUT2D eigenvalue weighted by atomic mass is 16.5. The van der Waals surface area contributed by atoms with Crippen molar-refractivity contribution in [3.63, 3.8) is 0 Å². The number of fused-ring (bicyclic) bond motifs is 2. The van der Waals surface area contributed by atoms with Gasteiger partial charge >= 0.3 is 5.97 Å². The van der Waals surface area contributed by atoms with Gasteiger partial charge < -0.3 is 19.9 Å². The number of ether oxygens (including phenoxy) is 2. The number of carbonyl (C=O) groups is 2. The summed E-state index contributed by atoms with van der Waals surface area (Å²) in [6.07, 6.45) is 3.22. The van der Waals surface area contributed by atoms with Gasteiger partial charge in [-0.15, -0.1) is 0 Å². The summed E-state index contributed by atoms with van der Waals surface area (Å²) in [7, 11) is 0. The highest BCUT2D eigenvalue weighted by Gasteiger charge is 2.44. The van der Waals surface area contributed by atoms with E-state index in [-0.39, 0.29) is 36.7 Å². The van der Waals surface area contributed by atoms with Gasteiger partial charge in [-0.05, 0) is 43.9 Å². The highest BCUT2D eigenvalue weighted by Crippen LogP contribution is 2.39. The third kappa shape index (κ3) is 3.64. The number of hydrogen-bond donors (Lipinski definition) is 2. The molecule has 2 saturated heterocycles. The lowest BCUT2D eigenvalue weighted by atomic mass is 9.88. The van der Waals surface area contributed by atoms with Crippen LogP contribution in [-0.2, 0) is 14.3 Å². The first kappa shape index (κ1) is 15.8. The number of carbonyl (C=O) groups excluding carboxylic acids is 1. The molecule has 3 rings (SSSR count). The quantitative estimate of drug-likeness (QED) is 0.836. The first-order chi connectivity index (χ1) is 11.0. The molecule has 1 aromatic rings. The number of benzene rings is 1. The van der Waals surface area contributed by atoms with Crippen molar-refractivity contribution in [1.29, 1.82) is 0 Å². The third-order valence-electron chi connectivity index (χ3n) is 4.54. The maximum Gasteiger partial charge on any atom is 0.341 e. The Morgan fingerprint density at radius 1 is 1.35 bits per heavy atom. The summed E-state index contributed by atoms with van der Waals surface area (Å²) < 4.78 is 10.8. The summed E-state index contributed by atoms with van der Waals surface area (Å²) in [6, 6.07) is 6.97. The molecule has 2 fully saturated rings. The van der Waals surface area contributed by atoms with Crippen LogP contribution in [0.2, 0.25) is 0 Å². The van der Waals surface area contributed by atoms with E-state index >= 15 is 0 Å². The van der Waals surface area contributed by atoms with E-state index in [4.69, 9.17) is 14.6 Å². The first-order valence-corrected chi connectivity index (χ1v) is 7.93. The van der Waals surface area contributed by atoms with Gasteiger partial charge in [-0.2, -0.15) is 0 Å². The molecule has 0 radical (unpaired) electrons. The van der Waals surface area contributed by atoms with Crippen LogP contribution in [0.5, 0.6) is 5.75 Å². The lowest BCUT2D eigenvalue weighted by molar-refractivity contribution is -0.139. The number of aliphatic carboxylic acids is 1. The van der Waals surface area contributed by atoms with E-state index in [9.17, 15) is 9.59 Å². The molecule has 2 heterocycles. The van der Waals surface area contributed by atoms with E-state index in [1.54, 1.807) is 12.1 Å². The zero-order chi connectivity index (χ0) is 16.4. The van der Waals surface area contributed by atoms with Crippen LogP contribution in [0.15, 0.2) is 24.3 Å². The van der Waals surface area contributed by atoms with Crippen LogP contribution in [0, 0.1) is 5.92 Å². The molecule has 0 unspecified atom stereocenters. The molecule has 23 heavy (non-hydrogen) atoms. The molecule has 6 heteroatoms. The summed E-state index contributed by atoms with van der Waals surface area (Å²) in [5.74, 6) is -0.496. The maximum atomic E-state index is 12.4. The van der Waals surface area contributed by atoms with Crippen molar-refractivity contribution in [2.24, 2.45) is 5.92 Å². The van der Waals surface area contributed by atoms with Crippen LogP contribution >= 0.6 is 0 Å². The first-order valence-electron chi connectivity index (χ1n) is 7.93. The Labute approximate surface area is 134 Å². The van der Waals surface area contributed by atoms with Crippen LogP contribution in [0.1, 0.15) is 37.8 Å². The molecule has 2 N–H and O–H groups in total. The van der Waals surface area contributed by atoms with Crippen LogP contribution in [0.4, 0.5) is 0 Å². The van der Waals surface area contributed by atoms with E-state index < -0.39 is 5.97 Å². The Hall–Kier alpha value is -2.08. The smallest absolute Gasteiger partial charge is 0.341 e. The average molecular weight is 319 g/mol. The minimum absolute atomic E-state index is 0.0330. The van der Waals surface area contributed by atoms with Crippen molar-refractivity contribution in [1.82, 2.24) is 5.32 Å². The second-order valence-electron chi connectivity index (χ2n) is 6.20. The molecule has 0 spiro atoms. The molecule has 124 valence electrons. The normalized spacial score (nSPS) is 26.7. The Morgan fingerprint density at radius 3 is 2.65 bits per heavy atom. The number of nitrogens with one attached hydrogen (secondary N) is 1. The zero-order valence-corrected chi connectivity index (χ0v) is 13.0. The molecule has 1 aromatic carbocycles. The molecular formula is C17H21NO5. The maximum absolute atomic E-state index is 12.4. The van der Waals surface area contributed by atoms with Crippen molar-refractivity contribution in [2.45, 2.75) is 44.4 Å². The molecule has 2 aliphatic rings. The Bertz CT molecular complexity index is 585. The van der Waals surface area contributed by atoms with E-state index in [1.165, 1.54) is 0 Å². The summed E-state index contributed by atoms with van der Waals surface area (Å²) in [5.41, 5.74) is 0.949. The van der Waals surface area contributed by atoms with Gasteiger partial charge in [0.2, 0.25) is 5.91 Å². The monoisotopic (exact) mass is 319 g/mol. The lowest BCUT2D eigenvalue weighted by Crippen LogP contribution is -2.37. The van der Waals surface area contributed by atoms with E-state index in [0.29, 0.717) is 5.75 Å². The van der Waals surface area contributed by atoms with Gasteiger partial charge in [-0.3, -0.25) is 4.79 Å². The predicted octanol–water partition coefficient (Wildman–Crippen LogP) is 1.89. The topological polar surface area (TPSA) is 84.9 Å². The van der Waals surface area contributed by atoms with Gasteiger partial charge in [0.1, 0.15) is 5.75 Å². The highest BCUT2D eigenvalue weighted by molar-refractivity contribution is 5.80. The van der Waals surface area contributed by atoms with Gasteiger partial charge in [-0.1, -0.05) is 12.1 Å².